The number of halogens is 1. The molecule has 0 saturated carbocycles. The molecule has 10 nitrogen and oxygen atoms in total. The number of nitrogens with zero attached hydrogens (tertiary/aromatic N) is 5. The average molecular weight is 586 g/mol. The maximum Gasteiger partial charge on any atom is 0.333 e. The summed E-state index contributed by atoms with van der Waals surface area (Å²) in [5, 5.41) is 9.29. The molecule has 0 amide bonds. The first-order valence-corrected chi connectivity index (χ1v) is 14.4. The fourth-order valence-corrected chi connectivity index (χ4v) is 6.05. The molecule has 0 fully saturated rings. The Morgan fingerprint density at radius 2 is 1.85 bits per heavy atom. The molecule has 4 rings (SSSR count). The molecular weight excluding hydrogens is 549 g/mol. The zero-order valence-electron chi connectivity index (χ0n) is 24.4. The van der Waals surface area contributed by atoms with Gasteiger partial charge in [0.25, 0.3) is 5.56 Å². The minimum Gasteiger partial charge on any atom is -0.496 e. The summed E-state index contributed by atoms with van der Waals surface area (Å²) in [6.45, 7) is 11.0. The molecule has 4 aromatic rings. The average Bonchev–Trinajstić information content (AvgIpc) is 3.56. The lowest BCUT2D eigenvalue weighted by Gasteiger charge is -2.28. The van der Waals surface area contributed by atoms with Crippen molar-refractivity contribution in [1.29, 1.82) is 0 Å². The molecule has 0 bridgehead atoms. The van der Waals surface area contributed by atoms with Crippen LogP contribution in [0.15, 0.2) is 40.2 Å². The fourth-order valence-electron chi connectivity index (χ4n) is 4.83. The van der Waals surface area contributed by atoms with Gasteiger partial charge in [0, 0.05) is 24.2 Å². The second-order valence-electron chi connectivity index (χ2n) is 10.9. The third-order valence-electron chi connectivity index (χ3n) is 7.02. The van der Waals surface area contributed by atoms with Gasteiger partial charge < -0.3 is 9.47 Å². The summed E-state index contributed by atoms with van der Waals surface area (Å²) < 4.78 is 28.7. The number of thiophene rings is 1. The molecule has 220 valence electrons. The van der Waals surface area contributed by atoms with Gasteiger partial charge in [0.05, 0.1) is 31.4 Å². The number of Topliss-reactive ketones (excluding diaryl/α,β-unsaturated/α-hetero) is 1. The molecular formula is C29H36FN5O5S. The molecule has 0 N–H and O–H groups in total. The molecule has 0 unspecified atom stereocenters. The van der Waals surface area contributed by atoms with Crippen LogP contribution in [0.2, 0.25) is 0 Å². The zero-order chi connectivity index (χ0) is 30.1. The van der Waals surface area contributed by atoms with Crippen molar-refractivity contribution in [2.24, 2.45) is 5.92 Å². The fraction of sp³-hybridized carbons (Fsp3) is 0.483. The molecule has 1 atom stereocenters. The standard InChI is InChI=1S/C29H36FN5O5S/c1-8-9-23(36)29(5,6)34-25(37)24-18(4)26(35-31-12-13-32-35)41-27(24)33(28(34)38)15-22(40-16-17(2)3)20-14-19(30)10-11-21(20)39-7/h10-14,17,22H,8-9,15-16H2,1-7H3/t22-/m0/s1. The van der Waals surface area contributed by atoms with Crippen LogP contribution in [0, 0.1) is 18.7 Å². The number of aryl methyl sites for hydroxylation is 1. The lowest BCUT2D eigenvalue weighted by molar-refractivity contribution is -0.126. The highest BCUT2D eigenvalue weighted by atomic mass is 32.1. The van der Waals surface area contributed by atoms with Gasteiger partial charge in [-0.25, -0.2) is 13.8 Å². The van der Waals surface area contributed by atoms with Crippen LogP contribution >= 0.6 is 11.3 Å². The Morgan fingerprint density at radius 1 is 1.17 bits per heavy atom. The first-order chi connectivity index (χ1) is 19.4. The van der Waals surface area contributed by atoms with Crippen LogP contribution in [0.4, 0.5) is 4.39 Å². The Hall–Kier alpha value is -3.64. The van der Waals surface area contributed by atoms with E-state index in [1.54, 1.807) is 20.8 Å². The van der Waals surface area contributed by atoms with Crippen molar-refractivity contribution < 1.29 is 18.7 Å². The van der Waals surface area contributed by atoms with Crippen LogP contribution in [0.5, 0.6) is 5.75 Å². The normalized spacial score (nSPS) is 12.8. The van der Waals surface area contributed by atoms with Crippen LogP contribution < -0.4 is 16.0 Å². The molecule has 0 saturated heterocycles. The zero-order valence-corrected chi connectivity index (χ0v) is 25.2. The van der Waals surface area contributed by atoms with E-state index in [1.165, 1.54) is 58.4 Å². The molecule has 0 radical (unpaired) electrons. The smallest absolute Gasteiger partial charge is 0.333 e. The SMILES string of the molecule is CCCC(=O)C(C)(C)n1c(=O)c2c(C)c(-n3nccn3)sc2n(C[C@H](OCC(C)C)c2cc(F)ccc2OC)c1=O. The second kappa shape index (κ2) is 12.1. The Bertz CT molecular complexity index is 1670. The van der Waals surface area contributed by atoms with Gasteiger partial charge in [-0.2, -0.15) is 10.2 Å². The van der Waals surface area contributed by atoms with Gasteiger partial charge in [0.1, 0.15) is 33.0 Å². The number of methoxy groups -OCH3 is 1. The Labute approximate surface area is 241 Å². The number of rotatable bonds is 12. The third kappa shape index (κ3) is 5.76. The third-order valence-corrected chi connectivity index (χ3v) is 8.30. The van der Waals surface area contributed by atoms with Gasteiger partial charge >= 0.3 is 5.69 Å². The molecule has 0 aliphatic rings. The predicted molar refractivity (Wildman–Crippen MR) is 156 cm³/mol. The summed E-state index contributed by atoms with van der Waals surface area (Å²) in [7, 11) is 1.48. The number of hydrogen-bond acceptors (Lipinski definition) is 8. The van der Waals surface area contributed by atoms with E-state index < -0.39 is 28.7 Å². The summed E-state index contributed by atoms with van der Waals surface area (Å²) >= 11 is 1.19. The summed E-state index contributed by atoms with van der Waals surface area (Å²) in [5.74, 6) is -0.159. The van der Waals surface area contributed by atoms with Crippen molar-refractivity contribution in [3.8, 4) is 10.8 Å². The molecule has 3 heterocycles. The highest BCUT2D eigenvalue weighted by Gasteiger charge is 2.35. The van der Waals surface area contributed by atoms with E-state index in [2.05, 4.69) is 10.2 Å². The van der Waals surface area contributed by atoms with Crippen molar-refractivity contribution in [3.05, 3.63) is 68.4 Å². The van der Waals surface area contributed by atoms with Gasteiger partial charge in [-0.15, -0.1) is 4.80 Å². The molecule has 12 heteroatoms. The van der Waals surface area contributed by atoms with E-state index in [-0.39, 0.29) is 30.1 Å². The molecule has 1 aromatic carbocycles. The number of aromatic nitrogens is 5. The van der Waals surface area contributed by atoms with Crippen molar-refractivity contribution in [3.63, 3.8) is 0 Å². The number of ether oxygens (including phenoxy) is 2. The first kappa shape index (κ1) is 30.3. The van der Waals surface area contributed by atoms with Gasteiger partial charge in [-0.05, 0) is 51.3 Å². The number of fused-ring (bicyclic) bond motifs is 1. The molecule has 0 aliphatic carbocycles. The maximum atomic E-state index is 14.5. The first-order valence-electron chi connectivity index (χ1n) is 13.6. The highest BCUT2D eigenvalue weighted by molar-refractivity contribution is 7.21. The highest BCUT2D eigenvalue weighted by Crippen LogP contribution is 2.34. The van der Waals surface area contributed by atoms with E-state index in [9.17, 15) is 18.8 Å². The second-order valence-corrected chi connectivity index (χ2v) is 11.9. The summed E-state index contributed by atoms with van der Waals surface area (Å²) in [6.07, 6.45) is 3.02. The van der Waals surface area contributed by atoms with Crippen LogP contribution in [-0.4, -0.2) is 43.6 Å². The van der Waals surface area contributed by atoms with Gasteiger partial charge in [-0.3, -0.25) is 14.2 Å². The quantitative estimate of drug-likeness (QED) is 0.235. The Balaban J connectivity index is 2.04. The van der Waals surface area contributed by atoms with Crippen LogP contribution in [0.25, 0.3) is 15.2 Å². The van der Waals surface area contributed by atoms with Crippen LogP contribution in [-0.2, 0) is 21.6 Å². The maximum absolute atomic E-state index is 14.5. The molecule has 41 heavy (non-hydrogen) atoms. The van der Waals surface area contributed by atoms with Crippen molar-refractivity contribution in [2.45, 2.75) is 72.6 Å². The lowest BCUT2D eigenvalue weighted by Crippen LogP contribution is -2.52. The summed E-state index contributed by atoms with van der Waals surface area (Å²) in [5.41, 5.74) is -1.63. The van der Waals surface area contributed by atoms with E-state index in [1.807, 2.05) is 20.8 Å². The van der Waals surface area contributed by atoms with E-state index in [0.717, 1.165) is 4.57 Å². The molecule has 0 aliphatic heterocycles. The predicted octanol–water partition coefficient (Wildman–Crippen LogP) is 4.78. The minimum absolute atomic E-state index is 0.0634. The van der Waals surface area contributed by atoms with E-state index in [4.69, 9.17) is 9.47 Å². The number of carbonyl (C=O) groups is 1. The van der Waals surface area contributed by atoms with Gasteiger partial charge in [0.15, 0.2) is 5.78 Å². The van der Waals surface area contributed by atoms with Crippen molar-refractivity contribution in [1.82, 2.24) is 24.1 Å². The lowest BCUT2D eigenvalue weighted by atomic mass is 9.95. The molecule has 3 aromatic heterocycles. The Morgan fingerprint density at radius 3 is 2.46 bits per heavy atom. The number of benzene rings is 1. The minimum atomic E-state index is -1.41. The van der Waals surface area contributed by atoms with Crippen LogP contribution in [0.1, 0.15) is 64.7 Å². The van der Waals surface area contributed by atoms with Gasteiger partial charge in [0.2, 0.25) is 0 Å². The van der Waals surface area contributed by atoms with E-state index >= 15 is 0 Å². The largest absolute Gasteiger partial charge is 0.496 e. The van der Waals surface area contributed by atoms with Crippen LogP contribution in [0.3, 0.4) is 0 Å². The van der Waals surface area contributed by atoms with E-state index in [0.29, 0.717) is 39.7 Å². The number of hydrogen-bond donors (Lipinski definition) is 0. The Kier molecular flexibility index (Phi) is 8.93. The van der Waals surface area contributed by atoms with Crippen molar-refractivity contribution in [2.75, 3.05) is 13.7 Å². The van der Waals surface area contributed by atoms with Crippen molar-refractivity contribution >= 4 is 27.3 Å². The molecule has 0 spiro atoms. The topological polar surface area (TPSA) is 110 Å². The summed E-state index contributed by atoms with van der Waals surface area (Å²) in [4.78, 5) is 43.3. The number of ketones is 1. The summed E-state index contributed by atoms with van der Waals surface area (Å²) in [6, 6.07) is 4.13. The van der Waals surface area contributed by atoms with Gasteiger partial charge in [-0.1, -0.05) is 32.1 Å². The number of carbonyl (C=O) groups excluding carboxylic acids is 1. The monoisotopic (exact) mass is 585 g/mol.